The number of rotatable bonds is 6. The van der Waals surface area contributed by atoms with E-state index in [9.17, 15) is 4.39 Å². The maximum absolute atomic E-state index is 13.2. The minimum Gasteiger partial charge on any atom is -0.287 e. The fourth-order valence-corrected chi connectivity index (χ4v) is 2.87. The molecule has 0 aliphatic rings. The van der Waals surface area contributed by atoms with Crippen LogP contribution in [-0.2, 0) is 19.6 Å². The van der Waals surface area contributed by atoms with Crippen molar-refractivity contribution >= 4 is 5.65 Å². The van der Waals surface area contributed by atoms with Crippen molar-refractivity contribution in [3.05, 3.63) is 90.2 Å². The number of benzene rings is 1. The summed E-state index contributed by atoms with van der Waals surface area (Å²) < 4.78 is 15.1. The van der Waals surface area contributed by atoms with E-state index in [0.717, 1.165) is 22.6 Å². The highest BCUT2D eigenvalue weighted by atomic mass is 19.1. The quantitative estimate of drug-likeness (QED) is 0.536. The summed E-state index contributed by atoms with van der Waals surface area (Å²) in [6.45, 7) is 1.87. The van der Waals surface area contributed by atoms with Gasteiger partial charge in [-0.2, -0.15) is 0 Å². The molecular formula is C19H17FN6. The molecule has 0 amide bonds. The van der Waals surface area contributed by atoms with Gasteiger partial charge in [-0.15, -0.1) is 10.2 Å². The summed E-state index contributed by atoms with van der Waals surface area (Å²) in [6, 6.07) is 12.4. The van der Waals surface area contributed by atoms with Crippen molar-refractivity contribution in [3.63, 3.8) is 0 Å². The van der Waals surface area contributed by atoms with Crippen LogP contribution in [0.3, 0.4) is 0 Å². The minimum atomic E-state index is -0.236. The molecule has 26 heavy (non-hydrogen) atoms. The van der Waals surface area contributed by atoms with Crippen LogP contribution in [-0.4, -0.2) is 29.5 Å². The first-order valence-corrected chi connectivity index (χ1v) is 8.28. The molecule has 0 spiro atoms. The van der Waals surface area contributed by atoms with Crippen molar-refractivity contribution in [2.24, 2.45) is 0 Å². The van der Waals surface area contributed by atoms with E-state index < -0.39 is 0 Å². The second-order valence-electron chi connectivity index (χ2n) is 6.03. The zero-order valence-electron chi connectivity index (χ0n) is 14.0. The van der Waals surface area contributed by atoms with E-state index in [1.807, 2.05) is 28.8 Å². The Bertz CT molecular complexity index is 984. The van der Waals surface area contributed by atoms with Gasteiger partial charge in [-0.3, -0.25) is 19.3 Å². The van der Waals surface area contributed by atoms with Crippen LogP contribution in [0.5, 0.6) is 0 Å². The molecular weight excluding hydrogens is 331 g/mol. The molecule has 4 rings (SSSR count). The summed E-state index contributed by atoms with van der Waals surface area (Å²) in [6.07, 6.45) is 7.00. The SMILES string of the molecule is Fc1ccc(CN(Cc2ccccn2)Cc2nccn3cnnc23)cc1. The number of nitrogens with zero attached hydrogens (tertiary/aromatic N) is 6. The Labute approximate surface area is 150 Å². The highest BCUT2D eigenvalue weighted by Crippen LogP contribution is 2.15. The molecule has 130 valence electrons. The Morgan fingerprint density at radius 2 is 1.81 bits per heavy atom. The third-order valence-electron chi connectivity index (χ3n) is 4.09. The molecule has 0 bridgehead atoms. The van der Waals surface area contributed by atoms with Gasteiger partial charge in [0.15, 0.2) is 5.65 Å². The van der Waals surface area contributed by atoms with Crippen LogP contribution in [0.2, 0.25) is 0 Å². The highest BCUT2D eigenvalue weighted by molar-refractivity contribution is 5.41. The second kappa shape index (κ2) is 7.37. The maximum atomic E-state index is 13.2. The van der Waals surface area contributed by atoms with Crippen LogP contribution >= 0.6 is 0 Å². The van der Waals surface area contributed by atoms with E-state index in [2.05, 4.69) is 25.1 Å². The summed E-state index contributed by atoms with van der Waals surface area (Å²) >= 11 is 0. The van der Waals surface area contributed by atoms with Gasteiger partial charge in [0.1, 0.15) is 12.1 Å². The number of pyridine rings is 1. The first-order valence-electron chi connectivity index (χ1n) is 8.28. The van der Waals surface area contributed by atoms with Gasteiger partial charge in [0, 0.05) is 38.2 Å². The Hall–Kier alpha value is -3.19. The maximum Gasteiger partial charge on any atom is 0.183 e. The lowest BCUT2D eigenvalue weighted by Crippen LogP contribution is -2.24. The van der Waals surface area contributed by atoms with Crippen molar-refractivity contribution in [1.82, 2.24) is 29.5 Å². The topological polar surface area (TPSA) is 59.2 Å². The van der Waals surface area contributed by atoms with Crippen molar-refractivity contribution in [1.29, 1.82) is 0 Å². The standard InChI is InChI=1S/C19H17FN6/c20-16-6-4-15(5-7-16)11-25(12-17-3-1-2-8-21-17)13-18-19-24-23-14-26(19)10-9-22-18/h1-10,14H,11-13H2. The van der Waals surface area contributed by atoms with Crippen LogP contribution in [0, 0.1) is 5.82 Å². The first kappa shape index (κ1) is 16.3. The fraction of sp³-hybridized carbons (Fsp3) is 0.158. The smallest absolute Gasteiger partial charge is 0.183 e. The van der Waals surface area contributed by atoms with Gasteiger partial charge in [-0.05, 0) is 29.8 Å². The zero-order chi connectivity index (χ0) is 17.8. The summed E-state index contributed by atoms with van der Waals surface area (Å²) in [4.78, 5) is 11.1. The van der Waals surface area contributed by atoms with Gasteiger partial charge in [0.2, 0.25) is 0 Å². The molecule has 0 N–H and O–H groups in total. The van der Waals surface area contributed by atoms with Crippen LogP contribution in [0.15, 0.2) is 67.4 Å². The zero-order valence-corrected chi connectivity index (χ0v) is 14.0. The number of aromatic nitrogens is 5. The predicted molar refractivity (Wildman–Crippen MR) is 94.4 cm³/mol. The molecule has 7 heteroatoms. The van der Waals surface area contributed by atoms with Gasteiger partial charge < -0.3 is 0 Å². The van der Waals surface area contributed by atoms with Crippen molar-refractivity contribution in [3.8, 4) is 0 Å². The van der Waals surface area contributed by atoms with Crippen LogP contribution in [0.1, 0.15) is 17.0 Å². The first-order chi connectivity index (χ1) is 12.8. The summed E-state index contributed by atoms with van der Waals surface area (Å²) in [7, 11) is 0. The molecule has 0 radical (unpaired) electrons. The van der Waals surface area contributed by atoms with E-state index in [0.29, 0.717) is 19.6 Å². The number of hydrogen-bond donors (Lipinski definition) is 0. The molecule has 1 aromatic carbocycles. The third-order valence-corrected chi connectivity index (χ3v) is 4.09. The van der Waals surface area contributed by atoms with Gasteiger partial charge >= 0.3 is 0 Å². The largest absolute Gasteiger partial charge is 0.287 e. The van der Waals surface area contributed by atoms with Crippen molar-refractivity contribution in [2.45, 2.75) is 19.6 Å². The monoisotopic (exact) mass is 348 g/mol. The molecule has 0 saturated heterocycles. The average molecular weight is 348 g/mol. The Morgan fingerprint density at radius 3 is 2.62 bits per heavy atom. The van der Waals surface area contributed by atoms with Crippen LogP contribution in [0.25, 0.3) is 5.65 Å². The van der Waals surface area contributed by atoms with Gasteiger partial charge in [0.05, 0.1) is 11.4 Å². The molecule has 4 aromatic rings. The van der Waals surface area contributed by atoms with Gasteiger partial charge in [0.25, 0.3) is 0 Å². The molecule has 3 heterocycles. The number of hydrogen-bond acceptors (Lipinski definition) is 5. The molecule has 0 unspecified atom stereocenters. The van der Waals surface area contributed by atoms with E-state index in [1.165, 1.54) is 12.1 Å². The van der Waals surface area contributed by atoms with E-state index >= 15 is 0 Å². The summed E-state index contributed by atoms with van der Waals surface area (Å²) in [5.74, 6) is -0.236. The fourth-order valence-electron chi connectivity index (χ4n) is 2.87. The van der Waals surface area contributed by atoms with E-state index in [-0.39, 0.29) is 5.82 Å². The summed E-state index contributed by atoms with van der Waals surface area (Å²) in [5.41, 5.74) is 3.56. The molecule has 0 saturated carbocycles. The van der Waals surface area contributed by atoms with Crippen LogP contribution < -0.4 is 0 Å². The second-order valence-corrected chi connectivity index (χ2v) is 6.03. The minimum absolute atomic E-state index is 0.236. The van der Waals surface area contributed by atoms with Crippen LogP contribution in [0.4, 0.5) is 4.39 Å². The van der Waals surface area contributed by atoms with Gasteiger partial charge in [-0.1, -0.05) is 18.2 Å². The predicted octanol–water partition coefficient (Wildman–Crippen LogP) is 2.86. The lowest BCUT2D eigenvalue weighted by atomic mass is 10.2. The lowest BCUT2D eigenvalue weighted by molar-refractivity contribution is 0.242. The highest BCUT2D eigenvalue weighted by Gasteiger charge is 2.13. The molecule has 0 atom stereocenters. The molecule has 3 aromatic heterocycles. The Balaban J connectivity index is 1.61. The van der Waals surface area contributed by atoms with Crippen molar-refractivity contribution in [2.75, 3.05) is 0 Å². The molecule has 0 aliphatic heterocycles. The normalized spacial score (nSPS) is 11.3. The molecule has 6 nitrogen and oxygen atoms in total. The van der Waals surface area contributed by atoms with Gasteiger partial charge in [-0.25, -0.2) is 4.39 Å². The number of fused-ring (bicyclic) bond motifs is 1. The molecule has 0 fully saturated rings. The Kier molecular flexibility index (Phi) is 4.61. The Morgan fingerprint density at radius 1 is 0.923 bits per heavy atom. The van der Waals surface area contributed by atoms with E-state index in [1.54, 1.807) is 30.9 Å². The third kappa shape index (κ3) is 3.73. The van der Waals surface area contributed by atoms with Crippen molar-refractivity contribution < 1.29 is 4.39 Å². The lowest BCUT2D eigenvalue weighted by Gasteiger charge is -2.22. The number of halogens is 1. The summed E-state index contributed by atoms with van der Waals surface area (Å²) in [5, 5.41) is 8.10. The van der Waals surface area contributed by atoms with E-state index in [4.69, 9.17) is 0 Å². The average Bonchev–Trinajstić information content (AvgIpc) is 3.14. The molecule has 0 aliphatic carbocycles.